The molecule has 3 nitrogen and oxygen atoms in total. The molecule has 2 unspecified atom stereocenters. The second-order valence-electron chi connectivity index (χ2n) is 4.26. The maximum Gasteiger partial charge on any atom is 0.237 e. The third-order valence-electron chi connectivity index (χ3n) is 2.94. The van der Waals surface area contributed by atoms with Gasteiger partial charge in [-0.25, -0.2) is 0 Å². The largest absolute Gasteiger partial charge is 0.355 e. The van der Waals surface area contributed by atoms with E-state index in [1.807, 2.05) is 0 Å². The Kier molecular flexibility index (Phi) is 4.94. The van der Waals surface area contributed by atoms with Crippen LogP contribution in [0, 0.1) is 5.92 Å². The molecule has 82 valence electrons. The number of rotatable bonds is 4. The maximum absolute atomic E-state index is 11.5. The summed E-state index contributed by atoms with van der Waals surface area (Å²) in [6, 6.07) is 0.0477. The zero-order valence-corrected chi connectivity index (χ0v) is 9.31. The number of amides is 1. The highest BCUT2D eigenvalue weighted by Crippen LogP contribution is 2.06. The summed E-state index contributed by atoms with van der Waals surface area (Å²) in [5.41, 5.74) is 0. The highest BCUT2D eigenvalue weighted by Gasteiger charge is 2.19. The molecule has 1 heterocycles. The van der Waals surface area contributed by atoms with Crippen LogP contribution in [0.1, 0.15) is 39.5 Å². The molecule has 1 amide bonds. The van der Waals surface area contributed by atoms with Gasteiger partial charge in [0.1, 0.15) is 0 Å². The average molecular weight is 198 g/mol. The Bertz CT molecular complexity index is 182. The van der Waals surface area contributed by atoms with Crippen molar-refractivity contribution in [3.8, 4) is 0 Å². The SMILES string of the molecule is CCC(C)CNC1CCCCNC1=O. The lowest BCUT2D eigenvalue weighted by molar-refractivity contribution is -0.122. The Balaban J connectivity index is 2.29. The van der Waals surface area contributed by atoms with Crippen molar-refractivity contribution in [3.05, 3.63) is 0 Å². The first-order valence-electron chi connectivity index (χ1n) is 5.75. The molecular formula is C11H22N2O. The van der Waals surface area contributed by atoms with Gasteiger partial charge in [0.05, 0.1) is 6.04 Å². The molecule has 0 spiro atoms. The molecule has 0 aromatic rings. The molecule has 0 bridgehead atoms. The normalized spacial score (nSPS) is 25.3. The molecule has 1 fully saturated rings. The van der Waals surface area contributed by atoms with Crippen LogP contribution in [-0.4, -0.2) is 25.0 Å². The van der Waals surface area contributed by atoms with E-state index in [1.54, 1.807) is 0 Å². The first-order chi connectivity index (χ1) is 6.74. The maximum atomic E-state index is 11.5. The molecule has 1 saturated heterocycles. The van der Waals surface area contributed by atoms with E-state index in [9.17, 15) is 4.79 Å². The zero-order chi connectivity index (χ0) is 10.4. The van der Waals surface area contributed by atoms with Crippen LogP contribution < -0.4 is 10.6 Å². The van der Waals surface area contributed by atoms with Crippen molar-refractivity contribution in [2.24, 2.45) is 5.92 Å². The first-order valence-corrected chi connectivity index (χ1v) is 5.75. The van der Waals surface area contributed by atoms with Crippen LogP contribution in [-0.2, 0) is 4.79 Å². The van der Waals surface area contributed by atoms with E-state index in [0.717, 1.165) is 32.4 Å². The van der Waals surface area contributed by atoms with E-state index in [1.165, 1.54) is 6.42 Å². The van der Waals surface area contributed by atoms with E-state index in [-0.39, 0.29) is 11.9 Å². The van der Waals surface area contributed by atoms with E-state index >= 15 is 0 Å². The Morgan fingerprint density at radius 1 is 1.57 bits per heavy atom. The highest BCUT2D eigenvalue weighted by atomic mass is 16.2. The second kappa shape index (κ2) is 6.02. The van der Waals surface area contributed by atoms with Gasteiger partial charge in [-0.3, -0.25) is 4.79 Å². The summed E-state index contributed by atoms with van der Waals surface area (Å²) in [7, 11) is 0. The van der Waals surface area contributed by atoms with Gasteiger partial charge in [0, 0.05) is 6.54 Å². The fraction of sp³-hybridized carbons (Fsp3) is 0.909. The van der Waals surface area contributed by atoms with E-state index in [2.05, 4.69) is 24.5 Å². The lowest BCUT2D eigenvalue weighted by Gasteiger charge is -2.17. The van der Waals surface area contributed by atoms with Crippen LogP contribution in [0.2, 0.25) is 0 Å². The van der Waals surface area contributed by atoms with Gasteiger partial charge in [0.15, 0.2) is 0 Å². The third-order valence-corrected chi connectivity index (χ3v) is 2.94. The number of carbonyl (C=O) groups excluding carboxylic acids is 1. The monoisotopic (exact) mass is 198 g/mol. The van der Waals surface area contributed by atoms with Crippen LogP contribution in [0.25, 0.3) is 0 Å². The smallest absolute Gasteiger partial charge is 0.237 e. The average Bonchev–Trinajstić information content (AvgIpc) is 2.39. The summed E-state index contributed by atoms with van der Waals surface area (Å²) < 4.78 is 0. The molecule has 14 heavy (non-hydrogen) atoms. The summed E-state index contributed by atoms with van der Waals surface area (Å²) in [5, 5.41) is 6.28. The predicted octanol–water partition coefficient (Wildman–Crippen LogP) is 1.29. The topological polar surface area (TPSA) is 41.1 Å². The molecule has 0 aromatic heterocycles. The number of nitrogens with one attached hydrogen (secondary N) is 2. The van der Waals surface area contributed by atoms with Gasteiger partial charge in [0.25, 0.3) is 0 Å². The van der Waals surface area contributed by atoms with Gasteiger partial charge < -0.3 is 10.6 Å². The van der Waals surface area contributed by atoms with Crippen molar-refractivity contribution >= 4 is 5.91 Å². The van der Waals surface area contributed by atoms with E-state index in [0.29, 0.717) is 5.92 Å². The summed E-state index contributed by atoms with van der Waals surface area (Å²) in [6.07, 6.45) is 4.42. The summed E-state index contributed by atoms with van der Waals surface area (Å²) in [6.45, 7) is 6.19. The van der Waals surface area contributed by atoms with Crippen molar-refractivity contribution in [2.75, 3.05) is 13.1 Å². The number of hydrogen-bond acceptors (Lipinski definition) is 2. The Hall–Kier alpha value is -0.570. The van der Waals surface area contributed by atoms with Crippen LogP contribution in [0.3, 0.4) is 0 Å². The minimum Gasteiger partial charge on any atom is -0.355 e. The van der Waals surface area contributed by atoms with Gasteiger partial charge in [-0.1, -0.05) is 20.3 Å². The minimum atomic E-state index is 0.0477. The third kappa shape index (κ3) is 3.66. The van der Waals surface area contributed by atoms with Crippen molar-refractivity contribution < 1.29 is 4.79 Å². The number of carbonyl (C=O) groups is 1. The van der Waals surface area contributed by atoms with Crippen LogP contribution >= 0.6 is 0 Å². The van der Waals surface area contributed by atoms with E-state index in [4.69, 9.17) is 0 Å². The van der Waals surface area contributed by atoms with Gasteiger partial charge in [-0.15, -0.1) is 0 Å². The molecule has 3 heteroatoms. The second-order valence-corrected chi connectivity index (χ2v) is 4.26. The van der Waals surface area contributed by atoms with Gasteiger partial charge in [-0.2, -0.15) is 0 Å². The molecule has 0 aromatic carbocycles. The first kappa shape index (κ1) is 11.5. The van der Waals surface area contributed by atoms with Gasteiger partial charge in [0.2, 0.25) is 5.91 Å². The standard InChI is InChI=1S/C11H22N2O/c1-3-9(2)8-13-10-6-4-5-7-12-11(10)14/h9-10,13H,3-8H2,1-2H3,(H,12,14). The minimum absolute atomic E-state index is 0.0477. The van der Waals surface area contributed by atoms with Gasteiger partial charge >= 0.3 is 0 Å². The van der Waals surface area contributed by atoms with Crippen LogP contribution in [0.15, 0.2) is 0 Å². The summed E-state index contributed by atoms with van der Waals surface area (Å²) >= 11 is 0. The molecule has 1 aliphatic heterocycles. The lowest BCUT2D eigenvalue weighted by atomic mass is 10.1. The summed E-state index contributed by atoms with van der Waals surface area (Å²) in [5.74, 6) is 0.844. The van der Waals surface area contributed by atoms with Crippen molar-refractivity contribution in [3.63, 3.8) is 0 Å². The Labute approximate surface area is 86.6 Å². The molecule has 1 aliphatic rings. The van der Waals surface area contributed by atoms with Crippen LogP contribution in [0.5, 0.6) is 0 Å². The van der Waals surface area contributed by atoms with Crippen LogP contribution in [0.4, 0.5) is 0 Å². The highest BCUT2D eigenvalue weighted by molar-refractivity contribution is 5.81. The van der Waals surface area contributed by atoms with E-state index < -0.39 is 0 Å². The zero-order valence-electron chi connectivity index (χ0n) is 9.31. The number of hydrogen-bond donors (Lipinski definition) is 2. The quantitative estimate of drug-likeness (QED) is 0.714. The fourth-order valence-electron chi connectivity index (χ4n) is 1.62. The molecular weight excluding hydrogens is 176 g/mol. The van der Waals surface area contributed by atoms with Crippen molar-refractivity contribution in [1.29, 1.82) is 0 Å². The van der Waals surface area contributed by atoms with Gasteiger partial charge in [-0.05, 0) is 31.7 Å². The van der Waals surface area contributed by atoms with Crippen molar-refractivity contribution in [1.82, 2.24) is 10.6 Å². The predicted molar refractivity (Wildman–Crippen MR) is 58.1 cm³/mol. The Morgan fingerprint density at radius 2 is 2.36 bits per heavy atom. The molecule has 2 N–H and O–H groups in total. The lowest BCUT2D eigenvalue weighted by Crippen LogP contribution is -2.44. The Morgan fingerprint density at radius 3 is 3.07 bits per heavy atom. The molecule has 0 radical (unpaired) electrons. The fourth-order valence-corrected chi connectivity index (χ4v) is 1.62. The molecule has 0 saturated carbocycles. The summed E-state index contributed by atoms with van der Waals surface area (Å²) in [4.78, 5) is 11.5. The van der Waals surface area contributed by atoms with Crippen molar-refractivity contribution in [2.45, 2.75) is 45.6 Å². The molecule has 1 rings (SSSR count). The molecule has 2 atom stereocenters. The molecule has 0 aliphatic carbocycles.